The van der Waals surface area contributed by atoms with E-state index in [0.29, 0.717) is 6.42 Å². The monoisotopic (exact) mass is 321 g/mol. The Morgan fingerprint density at radius 3 is 2.83 bits per heavy atom. The third kappa shape index (κ3) is 2.62. The van der Waals surface area contributed by atoms with Crippen molar-refractivity contribution in [2.24, 2.45) is 0 Å². The first-order valence-electron chi connectivity index (χ1n) is 8.64. The lowest BCUT2D eigenvalue weighted by molar-refractivity contribution is -0.130. The lowest BCUT2D eigenvalue weighted by Crippen LogP contribution is -2.35. The summed E-state index contributed by atoms with van der Waals surface area (Å²) in [6.07, 6.45) is 2.52. The summed E-state index contributed by atoms with van der Waals surface area (Å²) in [5, 5.41) is 3.64. The van der Waals surface area contributed by atoms with Crippen LogP contribution in [-0.4, -0.2) is 17.4 Å². The Morgan fingerprint density at radius 2 is 2.08 bits per heavy atom. The summed E-state index contributed by atoms with van der Waals surface area (Å²) in [7, 11) is 0. The van der Waals surface area contributed by atoms with Crippen LogP contribution in [0.25, 0.3) is 0 Å². The predicted octanol–water partition coefficient (Wildman–Crippen LogP) is 3.80. The molecule has 2 aromatic carbocycles. The summed E-state index contributed by atoms with van der Waals surface area (Å²) in [6.45, 7) is 2.97. The van der Waals surface area contributed by atoms with E-state index in [4.69, 9.17) is 5.73 Å². The zero-order valence-corrected chi connectivity index (χ0v) is 14.0. The number of nitrogens with zero attached hydrogens (tertiary/aromatic N) is 1. The number of hydrogen-bond donors (Lipinski definition) is 2. The molecule has 4 heteroatoms. The number of anilines is 2. The first-order chi connectivity index (χ1) is 11.6. The number of benzene rings is 2. The van der Waals surface area contributed by atoms with Crippen LogP contribution in [0.4, 0.5) is 11.4 Å². The Kier molecular flexibility index (Phi) is 3.68. The average Bonchev–Trinajstić information content (AvgIpc) is 3.00. The fourth-order valence-corrected chi connectivity index (χ4v) is 3.98. The maximum absolute atomic E-state index is 12.4. The number of carbonyl (C=O) groups excluding carboxylic acids is 1. The van der Waals surface area contributed by atoms with Gasteiger partial charge in [-0.15, -0.1) is 0 Å². The SMILES string of the molecule is Cc1ccc2c(c1)[C@@H](N1CCCC1=O)C[C@@H](c1cccc(N)c1)N2. The van der Waals surface area contributed by atoms with E-state index in [-0.39, 0.29) is 18.0 Å². The summed E-state index contributed by atoms with van der Waals surface area (Å²) >= 11 is 0. The van der Waals surface area contributed by atoms with E-state index < -0.39 is 0 Å². The minimum absolute atomic E-state index is 0.141. The van der Waals surface area contributed by atoms with Crippen molar-refractivity contribution in [3.63, 3.8) is 0 Å². The molecule has 2 heterocycles. The van der Waals surface area contributed by atoms with E-state index in [2.05, 4.69) is 41.4 Å². The number of hydrogen-bond acceptors (Lipinski definition) is 3. The van der Waals surface area contributed by atoms with Crippen LogP contribution in [0.1, 0.15) is 48.0 Å². The van der Waals surface area contributed by atoms with Crippen molar-refractivity contribution in [1.82, 2.24) is 4.90 Å². The standard InChI is InChI=1S/C20H23N3O/c1-13-7-8-17-16(10-13)19(23-9-3-6-20(23)24)12-18(22-17)14-4-2-5-15(21)11-14/h2,4-5,7-8,10-11,18-19,22H,3,6,9,12,21H2,1H3/t18-,19-/m0/s1. The van der Waals surface area contributed by atoms with Gasteiger partial charge in [0, 0.05) is 24.3 Å². The first kappa shape index (κ1) is 15.1. The fraction of sp³-hybridized carbons (Fsp3) is 0.350. The number of nitrogens with two attached hydrogens (primary N) is 1. The minimum atomic E-state index is 0.141. The maximum Gasteiger partial charge on any atom is 0.223 e. The van der Waals surface area contributed by atoms with Gasteiger partial charge >= 0.3 is 0 Å². The van der Waals surface area contributed by atoms with E-state index in [1.807, 2.05) is 18.2 Å². The number of likely N-dealkylation sites (tertiary alicyclic amines) is 1. The first-order valence-corrected chi connectivity index (χ1v) is 8.64. The molecule has 124 valence electrons. The molecule has 2 aromatic rings. The molecule has 0 radical (unpaired) electrons. The second-order valence-corrected chi connectivity index (χ2v) is 6.90. The molecule has 1 amide bonds. The number of rotatable bonds is 2. The number of aryl methyl sites for hydroxylation is 1. The zero-order valence-electron chi connectivity index (χ0n) is 14.0. The normalized spacial score (nSPS) is 23.0. The van der Waals surface area contributed by atoms with Gasteiger partial charge in [-0.1, -0.05) is 29.8 Å². The minimum Gasteiger partial charge on any atom is -0.399 e. The zero-order chi connectivity index (χ0) is 16.7. The van der Waals surface area contributed by atoms with Gasteiger partial charge in [0.15, 0.2) is 0 Å². The van der Waals surface area contributed by atoms with E-state index in [9.17, 15) is 4.79 Å². The predicted molar refractivity (Wildman–Crippen MR) is 96.7 cm³/mol. The van der Waals surface area contributed by atoms with Gasteiger partial charge in [0.05, 0.1) is 12.1 Å². The molecule has 2 aliphatic heterocycles. The molecule has 2 aliphatic rings. The summed E-state index contributed by atoms with van der Waals surface area (Å²) in [6, 6.07) is 14.8. The van der Waals surface area contributed by atoms with Crippen LogP contribution >= 0.6 is 0 Å². The van der Waals surface area contributed by atoms with Crippen molar-refractivity contribution in [2.45, 2.75) is 38.3 Å². The van der Waals surface area contributed by atoms with Crippen LogP contribution in [0.5, 0.6) is 0 Å². The maximum atomic E-state index is 12.4. The smallest absolute Gasteiger partial charge is 0.223 e. The van der Waals surface area contributed by atoms with Crippen LogP contribution in [-0.2, 0) is 4.79 Å². The van der Waals surface area contributed by atoms with Crippen molar-refractivity contribution in [2.75, 3.05) is 17.6 Å². The van der Waals surface area contributed by atoms with Gasteiger partial charge in [0.1, 0.15) is 0 Å². The highest BCUT2D eigenvalue weighted by atomic mass is 16.2. The Morgan fingerprint density at radius 1 is 1.21 bits per heavy atom. The van der Waals surface area contributed by atoms with Crippen molar-refractivity contribution < 1.29 is 4.79 Å². The molecule has 2 atom stereocenters. The number of nitrogens with one attached hydrogen (secondary N) is 1. The third-order valence-electron chi connectivity index (χ3n) is 5.15. The second kappa shape index (κ2) is 5.86. The molecule has 0 aliphatic carbocycles. The van der Waals surface area contributed by atoms with Gasteiger partial charge in [-0.2, -0.15) is 0 Å². The molecule has 0 aromatic heterocycles. The van der Waals surface area contributed by atoms with Gasteiger partial charge in [0.2, 0.25) is 5.91 Å². The molecule has 4 nitrogen and oxygen atoms in total. The number of nitrogen functional groups attached to an aromatic ring is 1. The molecule has 24 heavy (non-hydrogen) atoms. The molecule has 3 N–H and O–H groups in total. The molecule has 1 fully saturated rings. The highest BCUT2D eigenvalue weighted by molar-refractivity contribution is 5.79. The van der Waals surface area contributed by atoms with Gasteiger partial charge in [-0.05, 0) is 49.1 Å². The second-order valence-electron chi connectivity index (χ2n) is 6.90. The fourth-order valence-electron chi connectivity index (χ4n) is 3.98. The Balaban J connectivity index is 1.74. The molecule has 0 spiro atoms. The van der Waals surface area contributed by atoms with Crippen molar-refractivity contribution >= 4 is 17.3 Å². The van der Waals surface area contributed by atoms with Gasteiger partial charge < -0.3 is 16.0 Å². The summed E-state index contributed by atoms with van der Waals surface area (Å²) in [5.74, 6) is 0.278. The lowest BCUT2D eigenvalue weighted by Gasteiger charge is -2.38. The van der Waals surface area contributed by atoms with Crippen LogP contribution < -0.4 is 11.1 Å². The van der Waals surface area contributed by atoms with Crippen LogP contribution in [0.2, 0.25) is 0 Å². The molecule has 0 unspecified atom stereocenters. The van der Waals surface area contributed by atoms with E-state index in [1.165, 1.54) is 16.7 Å². The molecular weight excluding hydrogens is 298 g/mol. The van der Waals surface area contributed by atoms with Gasteiger partial charge in [-0.3, -0.25) is 4.79 Å². The highest BCUT2D eigenvalue weighted by Crippen LogP contribution is 2.43. The Hall–Kier alpha value is -2.49. The molecular formula is C20H23N3O. The van der Waals surface area contributed by atoms with Crippen LogP contribution in [0, 0.1) is 6.92 Å². The number of carbonyl (C=O) groups is 1. The van der Waals surface area contributed by atoms with E-state index in [1.54, 1.807) is 0 Å². The molecule has 4 rings (SSSR count). The lowest BCUT2D eigenvalue weighted by atomic mass is 9.87. The van der Waals surface area contributed by atoms with Gasteiger partial charge in [0.25, 0.3) is 0 Å². The Bertz CT molecular complexity index is 786. The number of amides is 1. The molecule has 0 bridgehead atoms. The van der Waals surface area contributed by atoms with Crippen molar-refractivity contribution in [3.05, 3.63) is 59.2 Å². The summed E-state index contributed by atoms with van der Waals surface area (Å²) < 4.78 is 0. The van der Waals surface area contributed by atoms with Crippen molar-refractivity contribution in [1.29, 1.82) is 0 Å². The van der Waals surface area contributed by atoms with Gasteiger partial charge in [-0.25, -0.2) is 0 Å². The van der Waals surface area contributed by atoms with E-state index >= 15 is 0 Å². The quantitative estimate of drug-likeness (QED) is 0.827. The topological polar surface area (TPSA) is 58.4 Å². The highest BCUT2D eigenvalue weighted by Gasteiger charge is 2.35. The summed E-state index contributed by atoms with van der Waals surface area (Å²) in [4.78, 5) is 14.4. The van der Waals surface area contributed by atoms with Crippen LogP contribution in [0.15, 0.2) is 42.5 Å². The van der Waals surface area contributed by atoms with E-state index in [0.717, 1.165) is 30.8 Å². The largest absolute Gasteiger partial charge is 0.399 e. The Labute approximate surface area is 142 Å². The van der Waals surface area contributed by atoms with Crippen LogP contribution in [0.3, 0.4) is 0 Å². The summed E-state index contributed by atoms with van der Waals surface area (Å²) in [5.41, 5.74) is 11.5. The average molecular weight is 321 g/mol. The number of fused-ring (bicyclic) bond motifs is 1. The molecule has 1 saturated heterocycles. The van der Waals surface area contributed by atoms with Crippen molar-refractivity contribution in [3.8, 4) is 0 Å². The third-order valence-corrected chi connectivity index (χ3v) is 5.15. The molecule has 0 saturated carbocycles.